The first-order valence-electron chi connectivity index (χ1n) is 6.18. The molecule has 2 N–H and O–H groups in total. The molecule has 0 aliphatic heterocycles. The maximum absolute atomic E-state index is 12.6. The Morgan fingerprint density at radius 1 is 1.41 bits per heavy atom. The van der Waals surface area contributed by atoms with Gasteiger partial charge >= 0.3 is 6.18 Å². The van der Waals surface area contributed by atoms with E-state index in [1.807, 2.05) is 0 Å². The van der Waals surface area contributed by atoms with Gasteiger partial charge in [-0.1, -0.05) is 0 Å². The minimum absolute atomic E-state index is 0.203. The summed E-state index contributed by atoms with van der Waals surface area (Å²) in [7, 11) is 0. The van der Waals surface area contributed by atoms with Crippen molar-refractivity contribution >= 4 is 11.7 Å². The Kier molecular flexibility index (Phi) is 4.02. The van der Waals surface area contributed by atoms with Gasteiger partial charge in [0.25, 0.3) is 5.56 Å². The normalized spacial score (nSPS) is 13.0. The number of anilines is 1. The molecule has 1 amide bonds. The summed E-state index contributed by atoms with van der Waals surface area (Å²) in [5.41, 5.74) is -1.37. The first-order valence-corrected chi connectivity index (χ1v) is 6.18. The van der Waals surface area contributed by atoms with Crippen molar-refractivity contribution in [1.82, 2.24) is 20.0 Å². The highest BCUT2D eigenvalue weighted by Gasteiger charge is 2.34. The van der Waals surface area contributed by atoms with E-state index in [9.17, 15) is 22.8 Å². The largest absolute Gasteiger partial charge is 0.435 e. The fraction of sp³-hybridized carbons (Fsp3) is 0.333. The predicted octanol–water partition coefficient (Wildman–Crippen LogP) is 1.49. The minimum Gasteiger partial charge on any atom is -0.307 e. The summed E-state index contributed by atoms with van der Waals surface area (Å²) in [4.78, 5) is 23.6. The van der Waals surface area contributed by atoms with Crippen molar-refractivity contribution < 1.29 is 18.0 Å². The summed E-state index contributed by atoms with van der Waals surface area (Å²) in [6, 6.07) is 1.60. The first kappa shape index (κ1) is 15.7. The first-order chi connectivity index (χ1) is 10.2. The third-order valence-electron chi connectivity index (χ3n) is 2.82. The predicted molar refractivity (Wildman–Crippen MR) is 70.2 cm³/mol. The molecule has 0 saturated carbocycles. The maximum Gasteiger partial charge on any atom is 0.435 e. The summed E-state index contributed by atoms with van der Waals surface area (Å²) in [6.07, 6.45) is -4.70. The van der Waals surface area contributed by atoms with Crippen LogP contribution in [0.1, 0.15) is 24.4 Å². The second kappa shape index (κ2) is 5.62. The Balaban J connectivity index is 2.26. The third-order valence-corrected chi connectivity index (χ3v) is 2.82. The van der Waals surface area contributed by atoms with E-state index in [1.54, 1.807) is 6.92 Å². The van der Waals surface area contributed by atoms with E-state index in [0.29, 0.717) is 16.4 Å². The Hall–Kier alpha value is -2.65. The molecule has 1 unspecified atom stereocenters. The van der Waals surface area contributed by atoms with E-state index in [4.69, 9.17) is 0 Å². The monoisotopic (exact) mass is 315 g/mol. The molecule has 0 radical (unpaired) electrons. The lowest BCUT2D eigenvalue weighted by Crippen LogP contribution is -2.34. The van der Waals surface area contributed by atoms with E-state index >= 15 is 0 Å². The van der Waals surface area contributed by atoms with Gasteiger partial charge in [0, 0.05) is 17.8 Å². The van der Waals surface area contributed by atoms with Gasteiger partial charge < -0.3 is 5.32 Å². The molecule has 0 saturated heterocycles. The second-order valence-corrected chi connectivity index (χ2v) is 4.60. The number of aryl methyl sites for hydroxylation is 1. The highest BCUT2D eigenvalue weighted by molar-refractivity contribution is 5.92. The number of nitrogens with one attached hydrogen (secondary N) is 2. The van der Waals surface area contributed by atoms with Crippen molar-refractivity contribution in [3.63, 3.8) is 0 Å². The van der Waals surface area contributed by atoms with Gasteiger partial charge in [-0.05, 0) is 19.9 Å². The third kappa shape index (κ3) is 3.32. The Bertz CT molecular complexity index is 750. The van der Waals surface area contributed by atoms with E-state index in [2.05, 4.69) is 20.6 Å². The smallest absolute Gasteiger partial charge is 0.307 e. The molecule has 2 aromatic rings. The summed E-state index contributed by atoms with van der Waals surface area (Å²) in [5.74, 6) is -0.505. The highest BCUT2D eigenvalue weighted by atomic mass is 19.4. The Morgan fingerprint density at radius 3 is 2.64 bits per heavy atom. The van der Waals surface area contributed by atoms with Crippen LogP contribution in [0.3, 0.4) is 0 Å². The van der Waals surface area contributed by atoms with Crippen molar-refractivity contribution in [3.05, 3.63) is 39.9 Å². The number of alkyl halides is 3. The number of halogens is 3. The van der Waals surface area contributed by atoms with E-state index in [1.165, 1.54) is 13.0 Å². The zero-order valence-corrected chi connectivity index (χ0v) is 11.6. The second-order valence-electron chi connectivity index (χ2n) is 4.60. The number of carbonyl (C=O) groups excluding carboxylic acids is 1. The molecule has 2 aromatic heterocycles. The molecule has 2 heterocycles. The molecule has 7 nitrogen and oxygen atoms in total. The van der Waals surface area contributed by atoms with Crippen molar-refractivity contribution in [3.8, 4) is 0 Å². The summed E-state index contributed by atoms with van der Waals surface area (Å²) >= 11 is 0. The quantitative estimate of drug-likeness (QED) is 0.897. The molecule has 0 aromatic carbocycles. The van der Waals surface area contributed by atoms with Crippen LogP contribution in [-0.4, -0.2) is 25.9 Å². The van der Waals surface area contributed by atoms with Gasteiger partial charge in [-0.15, -0.1) is 0 Å². The summed E-state index contributed by atoms with van der Waals surface area (Å²) < 4.78 is 38.3. The number of aromatic amines is 1. The lowest BCUT2D eigenvalue weighted by Gasteiger charge is -2.14. The number of H-pyrrole nitrogens is 1. The summed E-state index contributed by atoms with van der Waals surface area (Å²) in [6.45, 7) is 2.98. The zero-order valence-electron chi connectivity index (χ0n) is 11.6. The molecule has 0 spiro atoms. The number of hydrogen-bond acceptors (Lipinski definition) is 4. The molecule has 0 fully saturated rings. The molecule has 118 valence electrons. The number of hydrogen-bond donors (Lipinski definition) is 2. The van der Waals surface area contributed by atoms with Gasteiger partial charge in [-0.2, -0.15) is 23.4 Å². The van der Waals surface area contributed by atoms with Gasteiger partial charge in [0.2, 0.25) is 5.91 Å². The Labute approximate surface area is 122 Å². The number of nitrogens with zero attached hydrogens (tertiary/aromatic N) is 3. The minimum atomic E-state index is -4.70. The maximum atomic E-state index is 12.6. The number of rotatable bonds is 3. The molecule has 1 atom stereocenters. The molecule has 22 heavy (non-hydrogen) atoms. The van der Waals surface area contributed by atoms with Crippen LogP contribution in [0.15, 0.2) is 23.0 Å². The molecule has 0 bridgehead atoms. The fourth-order valence-corrected chi connectivity index (χ4v) is 1.68. The van der Waals surface area contributed by atoms with Crippen molar-refractivity contribution in [1.29, 1.82) is 0 Å². The van der Waals surface area contributed by atoms with Crippen LogP contribution in [0, 0.1) is 6.92 Å². The highest BCUT2D eigenvalue weighted by Crippen LogP contribution is 2.26. The molecule has 10 heteroatoms. The van der Waals surface area contributed by atoms with Crippen LogP contribution in [0.4, 0.5) is 19.0 Å². The SMILES string of the molecule is Cc1cc(NC(=O)C(C)n2nc(C(F)(F)F)ccc2=O)n[nH]1. The Morgan fingerprint density at radius 2 is 2.09 bits per heavy atom. The molecule has 0 aliphatic carbocycles. The van der Waals surface area contributed by atoms with Gasteiger partial charge in [-0.25, -0.2) is 4.68 Å². The van der Waals surface area contributed by atoms with Crippen LogP contribution in [0.5, 0.6) is 0 Å². The van der Waals surface area contributed by atoms with Crippen LogP contribution in [-0.2, 0) is 11.0 Å². The van der Waals surface area contributed by atoms with E-state index in [0.717, 1.165) is 6.07 Å². The molecule has 0 aliphatic rings. The van der Waals surface area contributed by atoms with Crippen LogP contribution in [0.25, 0.3) is 0 Å². The fourth-order valence-electron chi connectivity index (χ4n) is 1.68. The molecular weight excluding hydrogens is 303 g/mol. The van der Waals surface area contributed by atoms with Gasteiger partial charge in [0.1, 0.15) is 6.04 Å². The zero-order chi connectivity index (χ0) is 16.5. The standard InChI is InChI=1S/C12H12F3N5O2/c1-6-5-9(18-17-6)16-11(22)7(2)20-10(21)4-3-8(19-20)12(13,14)15/h3-5,7H,1-2H3,(H2,16,17,18,22). The average molecular weight is 315 g/mol. The molecular formula is C12H12F3N5O2. The average Bonchev–Trinajstić information content (AvgIpc) is 2.82. The van der Waals surface area contributed by atoms with Crippen LogP contribution >= 0.6 is 0 Å². The number of amides is 1. The van der Waals surface area contributed by atoms with E-state index in [-0.39, 0.29) is 5.82 Å². The van der Waals surface area contributed by atoms with Gasteiger partial charge in [-0.3, -0.25) is 14.7 Å². The van der Waals surface area contributed by atoms with Crippen LogP contribution < -0.4 is 10.9 Å². The van der Waals surface area contributed by atoms with E-state index < -0.39 is 29.4 Å². The van der Waals surface area contributed by atoms with Gasteiger partial charge in [0.15, 0.2) is 11.5 Å². The van der Waals surface area contributed by atoms with Crippen molar-refractivity contribution in [2.45, 2.75) is 26.1 Å². The lowest BCUT2D eigenvalue weighted by atomic mass is 10.3. The molecule has 2 rings (SSSR count). The number of aromatic nitrogens is 4. The topological polar surface area (TPSA) is 92.7 Å². The van der Waals surface area contributed by atoms with Crippen molar-refractivity contribution in [2.24, 2.45) is 0 Å². The van der Waals surface area contributed by atoms with Crippen molar-refractivity contribution in [2.75, 3.05) is 5.32 Å². The van der Waals surface area contributed by atoms with Gasteiger partial charge in [0.05, 0.1) is 0 Å². The lowest BCUT2D eigenvalue weighted by molar-refractivity contribution is -0.142. The number of carbonyl (C=O) groups is 1. The summed E-state index contributed by atoms with van der Waals surface area (Å²) in [5, 5.41) is 11.9. The van der Waals surface area contributed by atoms with Crippen LogP contribution in [0.2, 0.25) is 0 Å².